The van der Waals surface area contributed by atoms with E-state index in [1.165, 1.54) is 16.7 Å². The van der Waals surface area contributed by atoms with Crippen LogP contribution < -0.4 is 9.47 Å². The summed E-state index contributed by atoms with van der Waals surface area (Å²) in [6.45, 7) is 2.14. The Kier molecular flexibility index (Phi) is 2.62. The van der Waals surface area contributed by atoms with Crippen molar-refractivity contribution in [3.05, 3.63) is 34.9 Å². The molecule has 0 aromatic heterocycles. The molecular formula is C17H18FNO3. The van der Waals surface area contributed by atoms with Crippen LogP contribution in [0.15, 0.2) is 23.8 Å². The summed E-state index contributed by atoms with van der Waals surface area (Å²) in [5.74, 6) is 1.93. The maximum absolute atomic E-state index is 14.3. The van der Waals surface area contributed by atoms with Gasteiger partial charge in [-0.2, -0.15) is 0 Å². The second kappa shape index (κ2) is 4.46. The monoisotopic (exact) mass is 303 g/mol. The van der Waals surface area contributed by atoms with E-state index in [1.807, 2.05) is 0 Å². The van der Waals surface area contributed by atoms with Crippen LogP contribution in [0.3, 0.4) is 0 Å². The van der Waals surface area contributed by atoms with Gasteiger partial charge in [-0.15, -0.1) is 0 Å². The Morgan fingerprint density at radius 1 is 1.27 bits per heavy atom. The molecule has 1 unspecified atom stereocenters. The number of fused-ring (bicyclic) bond motifs is 8. The number of methoxy groups -OCH3 is 1. The van der Waals surface area contributed by atoms with Gasteiger partial charge in [0.05, 0.1) is 6.10 Å². The minimum atomic E-state index is -1.01. The molecule has 5 atom stereocenters. The van der Waals surface area contributed by atoms with Gasteiger partial charge >= 0.3 is 0 Å². The average molecular weight is 303 g/mol. The fourth-order valence-electron chi connectivity index (χ4n) is 4.42. The van der Waals surface area contributed by atoms with Crippen molar-refractivity contribution in [2.45, 2.75) is 37.2 Å². The van der Waals surface area contributed by atoms with Crippen LogP contribution in [0.5, 0.6) is 11.5 Å². The average Bonchev–Trinajstić information content (AvgIpc) is 3.08. The molecular weight excluding hydrogens is 285 g/mol. The van der Waals surface area contributed by atoms with Gasteiger partial charge in [0, 0.05) is 32.2 Å². The molecule has 5 rings (SSSR count). The summed E-state index contributed by atoms with van der Waals surface area (Å²) in [6, 6.07) is 4.49. The quantitative estimate of drug-likeness (QED) is 0.745. The fourth-order valence-corrected chi connectivity index (χ4v) is 4.42. The Morgan fingerprint density at radius 3 is 2.91 bits per heavy atom. The number of benzene rings is 1. The maximum Gasteiger partial charge on any atom is 0.231 e. The van der Waals surface area contributed by atoms with Crippen LogP contribution in [-0.4, -0.2) is 43.7 Å². The van der Waals surface area contributed by atoms with Crippen molar-refractivity contribution in [3.63, 3.8) is 0 Å². The molecule has 0 amide bonds. The summed E-state index contributed by atoms with van der Waals surface area (Å²) in [4.78, 5) is 2.44. The SMILES string of the molecule is CO[C@H]1C[C@H]2C(=C[C@H]1F)[C@H]1CN2Cc2cc3c(cc21)OCO3. The van der Waals surface area contributed by atoms with E-state index in [4.69, 9.17) is 14.2 Å². The molecule has 1 aliphatic carbocycles. The number of halogens is 1. The van der Waals surface area contributed by atoms with E-state index in [2.05, 4.69) is 17.0 Å². The van der Waals surface area contributed by atoms with Gasteiger partial charge in [-0.3, -0.25) is 4.90 Å². The molecule has 0 spiro atoms. The summed E-state index contributed by atoms with van der Waals surface area (Å²) in [5, 5.41) is 0. The van der Waals surface area contributed by atoms with E-state index in [-0.39, 0.29) is 12.0 Å². The Labute approximate surface area is 128 Å². The molecule has 1 aromatic rings. The van der Waals surface area contributed by atoms with Crippen LogP contribution in [-0.2, 0) is 11.3 Å². The normalized spacial score (nSPS) is 37.5. The number of nitrogens with zero attached hydrogens (tertiary/aromatic N) is 1. The molecule has 0 N–H and O–H groups in total. The van der Waals surface area contributed by atoms with Crippen molar-refractivity contribution in [3.8, 4) is 11.5 Å². The van der Waals surface area contributed by atoms with Crippen LogP contribution in [0, 0.1) is 0 Å². The lowest BCUT2D eigenvalue weighted by Crippen LogP contribution is -2.39. The van der Waals surface area contributed by atoms with Crippen molar-refractivity contribution in [1.29, 1.82) is 0 Å². The molecule has 116 valence electrons. The maximum atomic E-state index is 14.3. The van der Waals surface area contributed by atoms with E-state index in [1.54, 1.807) is 13.2 Å². The van der Waals surface area contributed by atoms with Crippen molar-refractivity contribution < 1.29 is 18.6 Å². The molecule has 3 aliphatic heterocycles. The topological polar surface area (TPSA) is 30.9 Å². The molecule has 1 aromatic carbocycles. The second-order valence-corrected chi connectivity index (χ2v) is 6.52. The van der Waals surface area contributed by atoms with Crippen LogP contribution in [0.2, 0.25) is 0 Å². The molecule has 1 saturated heterocycles. The van der Waals surface area contributed by atoms with Gasteiger partial charge in [0.1, 0.15) is 6.17 Å². The first-order valence-corrected chi connectivity index (χ1v) is 7.79. The Bertz CT molecular complexity index is 674. The third kappa shape index (κ3) is 1.64. The standard InChI is InChI=1S/C17H18FNO3/c1-20-15-5-14-11(3-13(15)18)12-7-19(14)6-9-2-16-17(4-10(9)12)22-8-21-16/h2-4,12-15H,5-8H2,1H3/t12-,13+,14-,15-/m0/s1. The fraction of sp³-hybridized carbons (Fsp3) is 0.529. The van der Waals surface area contributed by atoms with E-state index >= 15 is 0 Å². The highest BCUT2D eigenvalue weighted by atomic mass is 19.1. The number of alkyl halides is 1. The summed E-state index contributed by atoms with van der Waals surface area (Å²) in [7, 11) is 1.60. The van der Waals surface area contributed by atoms with Crippen LogP contribution >= 0.6 is 0 Å². The van der Waals surface area contributed by atoms with Gasteiger partial charge in [-0.05, 0) is 41.3 Å². The van der Waals surface area contributed by atoms with Crippen LogP contribution in [0.4, 0.5) is 4.39 Å². The Balaban J connectivity index is 1.59. The molecule has 3 heterocycles. The molecule has 0 radical (unpaired) electrons. The lowest BCUT2D eigenvalue weighted by molar-refractivity contribution is 0.0229. The van der Waals surface area contributed by atoms with Crippen LogP contribution in [0.25, 0.3) is 0 Å². The van der Waals surface area contributed by atoms with Gasteiger partial charge in [-0.25, -0.2) is 4.39 Å². The third-order valence-electron chi connectivity index (χ3n) is 5.49. The third-order valence-corrected chi connectivity index (χ3v) is 5.49. The highest BCUT2D eigenvalue weighted by Crippen LogP contribution is 2.50. The summed E-state index contributed by atoms with van der Waals surface area (Å²) < 4.78 is 30.6. The minimum absolute atomic E-state index is 0.277. The van der Waals surface area contributed by atoms with Gasteiger partial charge in [0.2, 0.25) is 6.79 Å². The minimum Gasteiger partial charge on any atom is -0.454 e. The number of rotatable bonds is 1. The predicted molar refractivity (Wildman–Crippen MR) is 77.9 cm³/mol. The van der Waals surface area contributed by atoms with E-state index in [9.17, 15) is 4.39 Å². The first-order chi connectivity index (χ1) is 10.7. The van der Waals surface area contributed by atoms with E-state index in [0.29, 0.717) is 12.8 Å². The Morgan fingerprint density at radius 2 is 2.09 bits per heavy atom. The summed E-state index contributed by atoms with van der Waals surface area (Å²) in [6.07, 6.45) is 1.20. The largest absolute Gasteiger partial charge is 0.454 e. The van der Waals surface area contributed by atoms with Crippen molar-refractivity contribution in [1.82, 2.24) is 4.90 Å². The molecule has 4 aliphatic rings. The lowest BCUT2D eigenvalue weighted by Gasteiger charge is -2.32. The number of hydrogen-bond donors (Lipinski definition) is 0. The first kappa shape index (κ1) is 12.9. The molecule has 4 nitrogen and oxygen atoms in total. The molecule has 5 heteroatoms. The van der Waals surface area contributed by atoms with Gasteiger partial charge in [0.25, 0.3) is 0 Å². The van der Waals surface area contributed by atoms with Gasteiger partial charge < -0.3 is 14.2 Å². The second-order valence-electron chi connectivity index (χ2n) is 6.52. The van der Waals surface area contributed by atoms with Crippen molar-refractivity contribution in [2.24, 2.45) is 0 Å². The highest BCUT2D eigenvalue weighted by Gasteiger charge is 2.47. The number of hydrogen-bond acceptors (Lipinski definition) is 4. The predicted octanol–water partition coefficient (Wildman–Crippen LogP) is 2.38. The van der Waals surface area contributed by atoms with Gasteiger partial charge in [0.15, 0.2) is 11.5 Å². The zero-order chi connectivity index (χ0) is 14.8. The van der Waals surface area contributed by atoms with Crippen LogP contribution in [0.1, 0.15) is 23.5 Å². The summed E-state index contributed by atoms with van der Waals surface area (Å²) in [5.41, 5.74) is 3.77. The lowest BCUT2D eigenvalue weighted by atomic mass is 9.82. The van der Waals surface area contributed by atoms with Gasteiger partial charge in [-0.1, -0.05) is 0 Å². The molecule has 0 saturated carbocycles. The first-order valence-electron chi connectivity index (χ1n) is 7.79. The van der Waals surface area contributed by atoms with Crippen molar-refractivity contribution >= 4 is 0 Å². The zero-order valence-corrected chi connectivity index (χ0v) is 12.4. The molecule has 22 heavy (non-hydrogen) atoms. The summed E-state index contributed by atoms with van der Waals surface area (Å²) >= 11 is 0. The van der Waals surface area contributed by atoms with Crippen molar-refractivity contribution in [2.75, 3.05) is 20.4 Å². The molecule has 2 bridgehead atoms. The zero-order valence-electron chi connectivity index (χ0n) is 12.4. The highest BCUT2D eigenvalue weighted by molar-refractivity contribution is 5.54. The van der Waals surface area contributed by atoms with E-state index < -0.39 is 6.17 Å². The Hall–Kier alpha value is -1.59. The molecule has 1 fully saturated rings. The number of ether oxygens (including phenoxy) is 3. The smallest absolute Gasteiger partial charge is 0.231 e. The van der Waals surface area contributed by atoms with E-state index in [0.717, 1.165) is 31.0 Å².